The van der Waals surface area contributed by atoms with Gasteiger partial charge in [0.05, 0.1) is 5.92 Å². The first-order chi connectivity index (χ1) is 15.0. The highest BCUT2D eigenvalue weighted by molar-refractivity contribution is 7.81. The molecule has 1 amide bonds. The number of benzene rings is 1. The van der Waals surface area contributed by atoms with E-state index in [0.29, 0.717) is 44.7 Å². The summed E-state index contributed by atoms with van der Waals surface area (Å²) in [7, 11) is 4.04. The Morgan fingerprint density at radius 1 is 1.19 bits per heavy atom. The van der Waals surface area contributed by atoms with Gasteiger partial charge in [-0.25, -0.2) is 0 Å². The zero-order chi connectivity index (χ0) is 23.9. The van der Waals surface area contributed by atoms with Crippen LogP contribution in [0, 0.1) is 12.8 Å². The second-order valence-corrected chi connectivity index (χ2v) is 10.9. The fourth-order valence-electron chi connectivity index (χ4n) is 3.79. The maximum Gasteiger partial charge on any atom is 0.314 e. The summed E-state index contributed by atoms with van der Waals surface area (Å²) in [5.41, 5.74) is 1.95. The number of nitrogens with zero attached hydrogens (tertiary/aromatic N) is 2. The fraction of sp³-hybridized carbons (Fsp3) is 0.680. The molecule has 0 N–H and O–H groups in total. The monoisotopic (exact) mass is 464 g/mol. The Balaban J connectivity index is 1.99. The molecule has 0 aromatic heterocycles. The number of ether oxygens (including phenoxy) is 2. The number of aryl methyl sites for hydroxylation is 2. The summed E-state index contributed by atoms with van der Waals surface area (Å²) in [6, 6.07) is 3.93. The average molecular weight is 465 g/mol. The minimum Gasteiger partial charge on any atom is -0.492 e. The van der Waals surface area contributed by atoms with Crippen LogP contribution in [0.4, 0.5) is 0 Å². The molecule has 180 valence electrons. The van der Waals surface area contributed by atoms with Crippen molar-refractivity contribution < 1.29 is 19.1 Å². The van der Waals surface area contributed by atoms with E-state index in [1.165, 1.54) is 0 Å². The lowest BCUT2D eigenvalue weighted by Gasteiger charge is -2.32. The zero-order valence-electron chi connectivity index (χ0n) is 20.6. The van der Waals surface area contributed by atoms with Crippen LogP contribution in [0.2, 0.25) is 0 Å². The van der Waals surface area contributed by atoms with E-state index in [0.717, 1.165) is 36.3 Å². The molecule has 1 aromatic carbocycles. The molecule has 0 radical (unpaired) electrons. The topological polar surface area (TPSA) is 59.1 Å². The van der Waals surface area contributed by atoms with Gasteiger partial charge in [-0.3, -0.25) is 9.59 Å². The van der Waals surface area contributed by atoms with E-state index in [-0.39, 0.29) is 22.5 Å². The van der Waals surface area contributed by atoms with Crippen molar-refractivity contribution in [1.29, 1.82) is 0 Å². The molecule has 0 saturated carbocycles. The van der Waals surface area contributed by atoms with Gasteiger partial charge >= 0.3 is 5.97 Å². The molecular formula is C25H40N2O4S. The highest BCUT2D eigenvalue weighted by Gasteiger charge is 2.30. The molecule has 0 bridgehead atoms. The van der Waals surface area contributed by atoms with E-state index >= 15 is 0 Å². The van der Waals surface area contributed by atoms with Crippen molar-refractivity contribution in [3.63, 3.8) is 0 Å². The van der Waals surface area contributed by atoms with Crippen LogP contribution in [0.25, 0.3) is 0 Å². The Morgan fingerprint density at radius 3 is 2.41 bits per heavy atom. The smallest absolute Gasteiger partial charge is 0.314 e. The number of likely N-dealkylation sites (tertiary alicyclic amines) is 1. The number of carbonyl (C=O) groups excluding carboxylic acids is 2. The molecule has 0 aliphatic carbocycles. The van der Waals surface area contributed by atoms with Crippen molar-refractivity contribution in [1.82, 2.24) is 9.80 Å². The number of amides is 1. The highest BCUT2D eigenvalue weighted by atomic mass is 32.1. The largest absolute Gasteiger partial charge is 0.492 e. The number of carbonyl (C=O) groups is 2. The van der Waals surface area contributed by atoms with Crippen molar-refractivity contribution in [3.8, 4) is 11.5 Å². The zero-order valence-corrected chi connectivity index (χ0v) is 21.5. The molecule has 0 spiro atoms. The lowest BCUT2D eigenvalue weighted by Crippen LogP contribution is -2.42. The quantitative estimate of drug-likeness (QED) is 0.321. The van der Waals surface area contributed by atoms with Gasteiger partial charge in [0.15, 0.2) is 0 Å². The van der Waals surface area contributed by atoms with Crippen molar-refractivity contribution in [2.75, 3.05) is 40.3 Å². The molecule has 7 heteroatoms. The molecule has 0 atom stereocenters. The molecule has 32 heavy (non-hydrogen) atoms. The Bertz CT molecular complexity index is 781. The first kappa shape index (κ1) is 26.5. The van der Waals surface area contributed by atoms with Crippen LogP contribution >= 0.6 is 12.6 Å². The Labute approximate surface area is 199 Å². The average Bonchev–Trinajstić information content (AvgIpc) is 2.69. The minimum absolute atomic E-state index is 0.0988. The molecule has 1 aromatic rings. The maximum absolute atomic E-state index is 12.9. The van der Waals surface area contributed by atoms with Gasteiger partial charge in [0.25, 0.3) is 0 Å². The summed E-state index contributed by atoms with van der Waals surface area (Å²) in [4.78, 5) is 29.2. The molecule has 1 aliphatic rings. The summed E-state index contributed by atoms with van der Waals surface area (Å²) in [5.74, 6) is 1.17. The predicted molar refractivity (Wildman–Crippen MR) is 132 cm³/mol. The maximum atomic E-state index is 12.9. The molecule has 1 heterocycles. The van der Waals surface area contributed by atoms with Crippen LogP contribution in [0.15, 0.2) is 12.1 Å². The second-order valence-electron chi connectivity index (χ2n) is 9.69. The van der Waals surface area contributed by atoms with Gasteiger partial charge in [0, 0.05) is 30.8 Å². The fourth-order valence-corrected chi connectivity index (χ4v) is 3.92. The van der Waals surface area contributed by atoms with Gasteiger partial charge in [-0.15, -0.1) is 0 Å². The molecule has 2 rings (SSSR count). The molecule has 1 saturated heterocycles. The third-order valence-corrected chi connectivity index (χ3v) is 5.81. The molecule has 0 unspecified atom stereocenters. The lowest BCUT2D eigenvalue weighted by molar-refractivity contribution is -0.143. The number of piperidine rings is 1. The molecular weight excluding hydrogens is 424 g/mol. The number of rotatable bonds is 10. The van der Waals surface area contributed by atoms with Gasteiger partial charge in [0.2, 0.25) is 5.91 Å². The van der Waals surface area contributed by atoms with Crippen LogP contribution in [0.3, 0.4) is 0 Å². The summed E-state index contributed by atoms with van der Waals surface area (Å²) >= 11 is 4.45. The third-order valence-electron chi connectivity index (χ3n) is 5.65. The summed E-state index contributed by atoms with van der Waals surface area (Å²) in [6.07, 6.45) is 3.50. The first-order valence-corrected chi connectivity index (χ1v) is 12.1. The Kier molecular flexibility index (Phi) is 9.89. The highest BCUT2D eigenvalue weighted by Crippen LogP contribution is 2.31. The first-order valence-electron chi connectivity index (χ1n) is 11.6. The number of hydrogen-bond donors (Lipinski definition) is 1. The van der Waals surface area contributed by atoms with Crippen LogP contribution in [-0.4, -0.2) is 66.8 Å². The molecule has 1 aliphatic heterocycles. The van der Waals surface area contributed by atoms with Crippen molar-refractivity contribution in [2.45, 2.75) is 64.5 Å². The summed E-state index contributed by atoms with van der Waals surface area (Å²) < 4.78 is 11.5. The van der Waals surface area contributed by atoms with Gasteiger partial charge < -0.3 is 19.3 Å². The van der Waals surface area contributed by atoms with Crippen LogP contribution in [0.1, 0.15) is 57.6 Å². The number of hydrogen-bond acceptors (Lipinski definition) is 6. The molecule has 1 fully saturated rings. The SMILES string of the molecule is CCCc1cc(OC(=O)C2CCN(C(=O)CC(C)(C)S)CC2)c(C)cc1OCCN(C)C. The van der Waals surface area contributed by atoms with Gasteiger partial charge in [-0.05, 0) is 63.5 Å². The van der Waals surface area contributed by atoms with E-state index in [1.54, 1.807) is 0 Å². The Morgan fingerprint density at radius 2 is 1.84 bits per heavy atom. The van der Waals surface area contributed by atoms with Crippen LogP contribution in [-0.2, 0) is 16.0 Å². The van der Waals surface area contributed by atoms with E-state index in [4.69, 9.17) is 9.47 Å². The predicted octanol–water partition coefficient (Wildman–Crippen LogP) is 4.13. The number of likely N-dealkylation sites (N-methyl/N-ethyl adjacent to an activating group) is 1. The van der Waals surface area contributed by atoms with Crippen molar-refractivity contribution >= 4 is 24.5 Å². The minimum atomic E-state index is -0.330. The molecule has 6 nitrogen and oxygen atoms in total. The van der Waals surface area contributed by atoms with Gasteiger partial charge in [-0.1, -0.05) is 27.2 Å². The Hall–Kier alpha value is -1.73. The second kappa shape index (κ2) is 11.9. The van der Waals surface area contributed by atoms with Crippen LogP contribution in [0.5, 0.6) is 11.5 Å². The number of thiol groups is 1. The van der Waals surface area contributed by atoms with E-state index in [1.807, 2.05) is 51.9 Å². The summed E-state index contributed by atoms with van der Waals surface area (Å²) in [6.45, 7) is 10.6. The lowest BCUT2D eigenvalue weighted by atomic mass is 9.96. The standard InChI is InChI=1S/C25H40N2O4S/c1-7-8-20-16-21(18(2)15-22(20)30-14-13-26(5)6)31-24(29)19-9-11-27(12-10-19)23(28)17-25(3,4)32/h15-16,19,32H,7-14,17H2,1-6H3. The van der Waals surface area contributed by atoms with E-state index < -0.39 is 0 Å². The normalized spacial score (nSPS) is 15.2. The number of esters is 1. The van der Waals surface area contributed by atoms with Crippen molar-refractivity contribution in [2.24, 2.45) is 5.92 Å². The van der Waals surface area contributed by atoms with Gasteiger partial charge in [0.1, 0.15) is 18.1 Å². The summed E-state index contributed by atoms with van der Waals surface area (Å²) in [5, 5.41) is 0. The van der Waals surface area contributed by atoms with Gasteiger partial charge in [-0.2, -0.15) is 12.6 Å². The van der Waals surface area contributed by atoms with Crippen molar-refractivity contribution in [3.05, 3.63) is 23.3 Å². The third kappa shape index (κ3) is 8.32. The van der Waals surface area contributed by atoms with E-state index in [9.17, 15) is 9.59 Å². The van der Waals surface area contributed by atoms with E-state index in [2.05, 4.69) is 24.5 Å². The van der Waals surface area contributed by atoms with Crippen LogP contribution < -0.4 is 9.47 Å².